The summed E-state index contributed by atoms with van der Waals surface area (Å²) in [6.45, 7) is 4.26. The minimum absolute atomic E-state index is 0.194. The molecular formula is C20H16ClN3OS. The van der Waals surface area contributed by atoms with E-state index in [1.54, 1.807) is 0 Å². The summed E-state index contributed by atoms with van der Waals surface area (Å²) in [4.78, 5) is 17.3. The van der Waals surface area contributed by atoms with Crippen LogP contribution in [-0.2, 0) is 6.54 Å². The Morgan fingerprint density at radius 3 is 2.54 bits per heavy atom. The molecule has 6 heteroatoms. The summed E-state index contributed by atoms with van der Waals surface area (Å²) in [5.41, 5.74) is 4.04. The first kappa shape index (κ1) is 16.9. The van der Waals surface area contributed by atoms with Crippen LogP contribution in [0.25, 0.3) is 21.5 Å². The maximum absolute atomic E-state index is 12.9. The first-order valence-electron chi connectivity index (χ1n) is 8.21. The van der Waals surface area contributed by atoms with E-state index in [-0.39, 0.29) is 5.56 Å². The third kappa shape index (κ3) is 3.04. The number of aromatic nitrogens is 3. The summed E-state index contributed by atoms with van der Waals surface area (Å²) in [6.07, 6.45) is 0. The third-order valence-corrected chi connectivity index (χ3v) is 5.56. The van der Waals surface area contributed by atoms with E-state index in [0.717, 1.165) is 26.5 Å². The Labute approximate surface area is 159 Å². The normalized spacial score (nSPS) is 11.2. The Balaban J connectivity index is 1.94. The van der Waals surface area contributed by atoms with E-state index in [1.807, 2.05) is 62.4 Å². The highest BCUT2D eigenvalue weighted by Crippen LogP contribution is 2.29. The topological polar surface area (TPSA) is 47.8 Å². The van der Waals surface area contributed by atoms with Crippen LogP contribution in [0.3, 0.4) is 0 Å². The van der Waals surface area contributed by atoms with Crippen LogP contribution in [0, 0.1) is 13.8 Å². The molecule has 0 N–H and O–H groups in total. The molecule has 0 saturated heterocycles. The summed E-state index contributed by atoms with van der Waals surface area (Å²) in [5, 5.41) is 6.13. The minimum Gasteiger partial charge on any atom is -0.265 e. The average Bonchev–Trinajstić information content (AvgIpc) is 3.02. The number of thiazole rings is 1. The standard InChI is InChI=1S/C20H16ClN3OS/c1-12-7-9-14(10-8-12)17-19-18(22-13(2)26-19)20(25)24(23-17)11-15-5-3-4-6-16(15)21/h3-10H,11H2,1-2H3. The molecule has 0 unspecified atom stereocenters. The molecule has 4 rings (SSSR count). The lowest BCUT2D eigenvalue weighted by Crippen LogP contribution is -2.24. The smallest absolute Gasteiger partial charge is 0.265 e. The van der Waals surface area contributed by atoms with Crippen molar-refractivity contribution in [2.75, 3.05) is 0 Å². The van der Waals surface area contributed by atoms with E-state index in [9.17, 15) is 4.79 Å². The second-order valence-corrected chi connectivity index (χ2v) is 7.79. The molecule has 0 fully saturated rings. The Bertz CT molecular complexity index is 1160. The minimum atomic E-state index is -0.194. The molecule has 0 saturated carbocycles. The van der Waals surface area contributed by atoms with Crippen LogP contribution < -0.4 is 5.56 Å². The highest BCUT2D eigenvalue weighted by molar-refractivity contribution is 7.19. The number of hydrogen-bond donors (Lipinski definition) is 0. The van der Waals surface area contributed by atoms with Crippen molar-refractivity contribution in [2.45, 2.75) is 20.4 Å². The number of rotatable bonds is 3. The van der Waals surface area contributed by atoms with Gasteiger partial charge in [-0.05, 0) is 25.5 Å². The van der Waals surface area contributed by atoms with E-state index in [1.165, 1.54) is 21.6 Å². The quantitative estimate of drug-likeness (QED) is 0.510. The van der Waals surface area contributed by atoms with Crippen molar-refractivity contribution in [3.63, 3.8) is 0 Å². The monoisotopic (exact) mass is 381 g/mol. The number of halogens is 1. The summed E-state index contributed by atoms with van der Waals surface area (Å²) in [7, 11) is 0. The van der Waals surface area contributed by atoms with Gasteiger partial charge in [-0.15, -0.1) is 11.3 Å². The van der Waals surface area contributed by atoms with Crippen molar-refractivity contribution in [1.82, 2.24) is 14.8 Å². The van der Waals surface area contributed by atoms with Gasteiger partial charge in [-0.1, -0.05) is 59.6 Å². The predicted octanol–water partition coefficient (Wildman–Crippen LogP) is 4.84. The van der Waals surface area contributed by atoms with Gasteiger partial charge in [-0.25, -0.2) is 9.67 Å². The van der Waals surface area contributed by atoms with Gasteiger partial charge < -0.3 is 0 Å². The van der Waals surface area contributed by atoms with Crippen LogP contribution >= 0.6 is 22.9 Å². The first-order valence-corrected chi connectivity index (χ1v) is 9.41. The molecule has 0 radical (unpaired) electrons. The highest BCUT2D eigenvalue weighted by Gasteiger charge is 2.17. The van der Waals surface area contributed by atoms with Crippen LogP contribution in [0.4, 0.5) is 0 Å². The lowest BCUT2D eigenvalue weighted by Gasteiger charge is -2.10. The summed E-state index contributed by atoms with van der Waals surface area (Å²) in [6, 6.07) is 15.6. The lowest BCUT2D eigenvalue weighted by molar-refractivity contribution is 0.650. The first-order chi connectivity index (χ1) is 12.5. The second kappa shape index (κ2) is 6.67. The van der Waals surface area contributed by atoms with Gasteiger partial charge in [0, 0.05) is 10.6 Å². The van der Waals surface area contributed by atoms with Crippen molar-refractivity contribution < 1.29 is 0 Å². The maximum Gasteiger partial charge on any atom is 0.294 e. The van der Waals surface area contributed by atoms with Gasteiger partial charge in [0.2, 0.25) is 0 Å². The second-order valence-electron chi connectivity index (χ2n) is 6.18. The molecule has 0 bridgehead atoms. The van der Waals surface area contributed by atoms with Gasteiger partial charge in [0.15, 0.2) is 5.52 Å². The molecular weight excluding hydrogens is 366 g/mol. The van der Waals surface area contributed by atoms with E-state index < -0.39 is 0 Å². The fourth-order valence-corrected chi connectivity index (χ4v) is 3.97. The van der Waals surface area contributed by atoms with Crippen LogP contribution in [0.15, 0.2) is 53.3 Å². The van der Waals surface area contributed by atoms with E-state index in [0.29, 0.717) is 17.1 Å². The zero-order valence-corrected chi connectivity index (χ0v) is 15.9. The molecule has 2 aromatic carbocycles. The summed E-state index contributed by atoms with van der Waals surface area (Å²) < 4.78 is 2.28. The van der Waals surface area contributed by atoms with Gasteiger partial charge in [0.25, 0.3) is 5.56 Å². The van der Waals surface area contributed by atoms with Crippen molar-refractivity contribution in [1.29, 1.82) is 0 Å². The van der Waals surface area contributed by atoms with Gasteiger partial charge in [0.1, 0.15) is 5.69 Å². The molecule has 0 spiro atoms. The van der Waals surface area contributed by atoms with E-state index >= 15 is 0 Å². The lowest BCUT2D eigenvalue weighted by atomic mass is 10.1. The number of nitrogens with zero attached hydrogens (tertiary/aromatic N) is 3. The molecule has 26 heavy (non-hydrogen) atoms. The number of aryl methyl sites for hydroxylation is 2. The van der Waals surface area contributed by atoms with E-state index in [4.69, 9.17) is 11.6 Å². The number of fused-ring (bicyclic) bond motifs is 1. The van der Waals surface area contributed by atoms with Crippen molar-refractivity contribution in [2.24, 2.45) is 0 Å². The van der Waals surface area contributed by atoms with Crippen LogP contribution in [-0.4, -0.2) is 14.8 Å². The number of hydrogen-bond acceptors (Lipinski definition) is 4. The molecule has 0 aliphatic heterocycles. The van der Waals surface area contributed by atoms with Crippen LogP contribution in [0.5, 0.6) is 0 Å². The van der Waals surface area contributed by atoms with Gasteiger partial charge in [0.05, 0.1) is 16.3 Å². The predicted molar refractivity (Wildman–Crippen MR) is 107 cm³/mol. The molecule has 0 aliphatic rings. The van der Waals surface area contributed by atoms with Crippen LogP contribution in [0.2, 0.25) is 5.02 Å². The Morgan fingerprint density at radius 1 is 1.08 bits per heavy atom. The Hall–Kier alpha value is -2.50. The van der Waals surface area contributed by atoms with Crippen molar-refractivity contribution in [3.05, 3.63) is 80.0 Å². The number of benzene rings is 2. The molecule has 0 amide bonds. The fraction of sp³-hybridized carbons (Fsp3) is 0.150. The maximum atomic E-state index is 12.9. The largest absolute Gasteiger partial charge is 0.294 e. The molecule has 0 aliphatic carbocycles. The van der Waals surface area contributed by atoms with Gasteiger partial charge in [-0.3, -0.25) is 4.79 Å². The highest BCUT2D eigenvalue weighted by atomic mass is 35.5. The Morgan fingerprint density at radius 2 is 1.81 bits per heavy atom. The average molecular weight is 382 g/mol. The van der Waals surface area contributed by atoms with E-state index in [2.05, 4.69) is 10.1 Å². The zero-order valence-electron chi connectivity index (χ0n) is 14.4. The van der Waals surface area contributed by atoms with Gasteiger partial charge >= 0.3 is 0 Å². The van der Waals surface area contributed by atoms with Gasteiger partial charge in [-0.2, -0.15) is 5.10 Å². The van der Waals surface area contributed by atoms with Crippen molar-refractivity contribution >= 4 is 33.2 Å². The fourth-order valence-electron chi connectivity index (χ4n) is 2.86. The Kier molecular flexibility index (Phi) is 4.34. The molecule has 130 valence electrons. The molecule has 4 aromatic rings. The van der Waals surface area contributed by atoms with Crippen LogP contribution in [0.1, 0.15) is 16.1 Å². The zero-order chi connectivity index (χ0) is 18.3. The molecule has 0 atom stereocenters. The summed E-state index contributed by atoms with van der Waals surface area (Å²) in [5.74, 6) is 0. The SMILES string of the molecule is Cc1ccc(-c2nn(Cc3ccccc3Cl)c(=O)c3nc(C)sc23)cc1. The third-order valence-electron chi connectivity index (χ3n) is 4.21. The molecule has 2 heterocycles. The molecule has 2 aromatic heterocycles. The molecule has 4 nitrogen and oxygen atoms in total. The summed E-state index contributed by atoms with van der Waals surface area (Å²) >= 11 is 7.76. The van der Waals surface area contributed by atoms with Crippen molar-refractivity contribution in [3.8, 4) is 11.3 Å².